The molecule has 0 amide bonds. The van der Waals surface area contributed by atoms with Crippen molar-refractivity contribution in [3.05, 3.63) is 79.3 Å². The van der Waals surface area contributed by atoms with Gasteiger partial charge in [-0.1, -0.05) is 0 Å². The molecule has 0 saturated carbocycles. The van der Waals surface area contributed by atoms with Crippen molar-refractivity contribution in [1.29, 1.82) is 0 Å². The molecule has 1 N–H and O–H groups in total. The van der Waals surface area contributed by atoms with E-state index in [9.17, 15) is 9.90 Å². The topological polar surface area (TPSA) is 109 Å². The predicted octanol–water partition coefficient (Wildman–Crippen LogP) is 4.73. The van der Waals surface area contributed by atoms with Crippen molar-refractivity contribution < 1.29 is 24.1 Å². The predicted molar refractivity (Wildman–Crippen MR) is 153 cm³/mol. The van der Waals surface area contributed by atoms with Gasteiger partial charge in [-0.05, 0) is 43.4 Å². The smallest absolute Gasteiger partial charge is 0.267 e. The lowest BCUT2D eigenvalue weighted by Gasteiger charge is -2.19. The summed E-state index contributed by atoms with van der Waals surface area (Å²) in [5.41, 5.74) is 0.876. The molecule has 0 fully saturated rings. The molecule has 2 aromatic heterocycles. The molecule has 0 aliphatic carbocycles. The Morgan fingerprint density at radius 1 is 0.949 bits per heavy atom. The SMILES string of the molecule is COc1ccc(Cn2c(O)c(/C=N/c3ncc(C)s3)c(=O)n(Cc3ccc(OC)cc3OC)c2=S)c(OC)c1. The van der Waals surface area contributed by atoms with Crippen LogP contribution in [0.5, 0.6) is 28.9 Å². The van der Waals surface area contributed by atoms with Crippen molar-refractivity contribution >= 4 is 34.9 Å². The Balaban J connectivity index is 1.88. The van der Waals surface area contributed by atoms with Gasteiger partial charge >= 0.3 is 0 Å². The zero-order valence-electron chi connectivity index (χ0n) is 22.1. The lowest BCUT2D eigenvalue weighted by Crippen LogP contribution is -2.29. The van der Waals surface area contributed by atoms with Crippen LogP contribution in [0.1, 0.15) is 21.6 Å². The molecule has 2 aromatic carbocycles. The minimum absolute atomic E-state index is 0.0311. The molecule has 4 rings (SSSR count). The highest BCUT2D eigenvalue weighted by atomic mass is 32.1. The van der Waals surface area contributed by atoms with Gasteiger partial charge in [-0.15, -0.1) is 11.3 Å². The van der Waals surface area contributed by atoms with Crippen molar-refractivity contribution in [3.8, 4) is 28.9 Å². The summed E-state index contributed by atoms with van der Waals surface area (Å²) in [6.45, 7) is 2.11. The molecule has 0 unspecified atom stereocenters. The van der Waals surface area contributed by atoms with E-state index in [4.69, 9.17) is 31.2 Å². The summed E-state index contributed by atoms with van der Waals surface area (Å²) < 4.78 is 24.6. The standard InChI is InChI=1S/C27H28N4O6S2/c1-16-12-28-26(39-16)29-13-21-24(32)30(14-17-6-8-19(34-2)10-22(17)36-4)27(38)31(25(21)33)15-18-7-9-20(35-3)11-23(18)37-5/h6-13,32H,14-15H2,1-5H3/b29-13+. The van der Waals surface area contributed by atoms with Crippen LogP contribution < -0.4 is 24.5 Å². The van der Waals surface area contributed by atoms with Crippen molar-refractivity contribution in [1.82, 2.24) is 14.1 Å². The van der Waals surface area contributed by atoms with Crippen LogP contribution in [0.25, 0.3) is 0 Å². The largest absolute Gasteiger partial charge is 0.497 e. The average molecular weight is 569 g/mol. The van der Waals surface area contributed by atoms with Gasteiger partial charge in [0.2, 0.25) is 11.0 Å². The fourth-order valence-corrected chi connectivity index (χ4v) is 4.84. The third-order valence-electron chi connectivity index (χ3n) is 5.99. The second-order valence-corrected chi connectivity index (χ2v) is 9.94. The molecule has 0 aliphatic heterocycles. The van der Waals surface area contributed by atoms with Crippen molar-refractivity contribution in [3.63, 3.8) is 0 Å². The molecule has 4 aromatic rings. The first-order chi connectivity index (χ1) is 18.8. The number of hydrogen-bond acceptors (Lipinski definition) is 10. The summed E-state index contributed by atoms with van der Waals surface area (Å²) in [6, 6.07) is 10.6. The molecule has 0 aliphatic rings. The maximum Gasteiger partial charge on any atom is 0.267 e. The van der Waals surface area contributed by atoms with Gasteiger partial charge < -0.3 is 24.1 Å². The first kappa shape index (κ1) is 27.9. The van der Waals surface area contributed by atoms with E-state index in [1.807, 2.05) is 13.0 Å². The number of thiazole rings is 1. The van der Waals surface area contributed by atoms with Crippen LogP contribution in [0.4, 0.5) is 5.13 Å². The number of aromatic nitrogens is 3. The average Bonchev–Trinajstić information content (AvgIpc) is 3.38. The van der Waals surface area contributed by atoms with E-state index in [1.165, 1.54) is 33.8 Å². The first-order valence-electron chi connectivity index (χ1n) is 11.7. The highest BCUT2D eigenvalue weighted by Gasteiger charge is 2.19. The lowest BCUT2D eigenvalue weighted by molar-refractivity contribution is 0.381. The van der Waals surface area contributed by atoms with E-state index >= 15 is 0 Å². The third kappa shape index (κ3) is 5.96. The Morgan fingerprint density at radius 3 is 2.00 bits per heavy atom. The number of rotatable bonds is 10. The normalized spacial score (nSPS) is 11.1. The molecule has 12 heteroatoms. The van der Waals surface area contributed by atoms with Gasteiger partial charge in [0, 0.05) is 40.5 Å². The van der Waals surface area contributed by atoms with Gasteiger partial charge in [0.25, 0.3) is 5.56 Å². The number of methoxy groups -OCH3 is 4. The number of benzene rings is 2. The number of aliphatic imine (C=N–C) groups is 1. The molecule has 2 heterocycles. The Bertz CT molecular complexity index is 1640. The quantitative estimate of drug-likeness (QED) is 0.216. The Labute approximate surface area is 234 Å². The summed E-state index contributed by atoms with van der Waals surface area (Å²) in [5, 5.41) is 11.7. The minimum atomic E-state index is -0.509. The summed E-state index contributed by atoms with van der Waals surface area (Å²) in [6.07, 6.45) is 3.00. The minimum Gasteiger partial charge on any atom is -0.497 e. The maximum absolute atomic E-state index is 13.7. The Morgan fingerprint density at radius 2 is 1.51 bits per heavy atom. The van der Waals surface area contributed by atoms with Gasteiger partial charge in [0.15, 0.2) is 4.77 Å². The molecule has 0 spiro atoms. The van der Waals surface area contributed by atoms with Crippen LogP contribution in [-0.4, -0.2) is 53.9 Å². The van der Waals surface area contributed by atoms with Gasteiger partial charge in [0.1, 0.15) is 28.6 Å². The van der Waals surface area contributed by atoms with Crippen LogP contribution in [0.3, 0.4) is 0 Å². The van der Waals surface area contributed by atoms with E-state index in [-0.39, 0.29) is 29.3 Å². The Kier molecular flexibility index (Phi) is 8.67. The fourth-order valence-electron chi connectivity index (χ4n) is 3.93. The molecule has 204 valence electrons. The second kappa shape index (κ2) is 12.1. The van der Waals surface area contributed by atoms with Crippen molar-refractivity contribution in [2.45, 2.75) is 20.0 Å². The number of aryl methyl sites for hydroxylation is 1. The first-order valence-corrected chi connectivity index (χ1v) is 13.0. The summed E-state index contributed by atoms with van der Waals surface area (Å²) in [4.78, 5) is 23.2. The molecule has 0 bridgehead atoms. The summed E-state index contributed by atoms with van der Waals surface area (Å²) >= 11 is 7.11. The van der Waals surface area contributed by atoms with E-state index in [1.54, 1.807) is 57.9 Å². The van der Waals surface area contributed by atoms with Crippen LogP contribution in [0.2, 0.25) is 0 Å². The highest BCUT2D eigenvalue weighted by Crippen LogP contribution is 2.29. The highest BCUT2D eigenvalue weighted by molar-refractivity contribution is 7.71. The van der Waals surface area contributed by atoms with E-state index in [2.05, 4.69) is 9.98 Å². The van der Waals surface area contributed by atoms with Crippen molar-refractivity contribution in [2.24, 2.45) is 4.99 Å². The maximum atomic E-state index is 13.7. The van der Waals surface area contributed by atoms with Gasteiger partial charge in [0.05, 0.1) is 41.5 Å². The number of nitrogens with zero attached hydrogens (tertiary/aromatic N) is 4. The van der Waals surface area contributed by atoms with Crippen LogP contribution >= 0.6 is 23.6 Å². The van der Waals surface area contributed by atoms with E-state index in [0.29, 0.717) is 33.7 Å². The summed E-state index contributed by atoms with van der Waals surface area (Å²) in [7, 11) is 6.21. The molecule has 0 saturated heterocycles. The zero-order valence-corrected chi connectivity index (χ0v) is 23.8. The van der Waals surface area contributed by atoms with Gasteiger partial charge in [-0.3, -0.25) is 13.9 Å². The lowest BCUT2D eigenvalue weighted by atomic mass is 10.1. The van der Waals surface area contributed by atoms with Gasteiger partial charge in [-0.25, -0.2) is 9.98 Å². The number of aromatic hydroxyl groups is 1. The summed E-state index contributed by atoms with van der Waals surface area (Å²) in [5.74, 6) is 1.98. The van der Waals surface area contributed by atoms with Gasteiger partial charge in [-0.2, -0.15) is 0 Å². The molecule has 10 nitrogen and oxygen atoms in total. The van der Waals surface area contributed by atoms with Crippen LogP contribution in [-0.2, 0) is 13.1 Å². The molecule has 39 heavy (non-hydrogen) atoms. The molecule has 0 atom stereocenters. The van der Waals surface area contributed by atoms with Crippen LogP contribution in [0, 0.1) is 11.7 Å². The zero-order chi connectivity index (χ0) is 28.1. The second-order valence-electron chi connectivity index (χ2n) is 8.36. The number of ether oxygens (including phenoxy) is 4. The monoisotopic (exact) mass is 568 g/mol. The molecular formula is C27H28N4O6S2. The Hall–Kier alpha value is -4.16. The molecule has 0 radical (unpaired) electrons. The van der Waals surface area contributed by atoms with Crippen molar-refractivity contribution in [2.75, 3.05) is 28.4 Å². The van der Waals surface area contributed by atoms with E-state index in [0.717, 1.165) is 10.4 Å². The number of hydrogen-bond donors (Lipinski definition) is 1. The molecular weight excluding hydrogens is 540 g/mol. The fraction of sp³-hybridized carbons (Fsp3) is 0.259. The van der Waals surface area contributed by atoms with Crippen LogP contribution in [0.15, 0.2) is 52.4 Å². The third-order valence-corrected chi connectivity index (χ3v) is 7.25. The van der Waals surface area contributed by atoms with E-state index < -0.39 is 5.56 Å².